The molecule has 222 valence electrons. The number of aliphatic imine (C=N–C) groups is 1. The minimum atomic E-state index is -4.41. The fourth-order valence-electron chi connectivity index (χ4n) is 4.77. The lowest BCUT2D eigenvalue weighted by Gasteiger charge is -2.31. The van der Waals surface area contributed by atoms with Crippen molar-refractivity contribution in [2.45, 2.75) is 76.1 Å². The van der Waals surface area contributed by atoms with Gasteiger partial charge in [0.05, 0.1) is 34.8 Å². The highest BCUT2D eigenvalue weighted by atomic mass is 32.2. The van der Waals surface area contributed by atoms with Crippen LogP contribution in [-0.2, 0) is 6.18 Å². The number of hydrogen-bond donors (Lipinski definition) is 2. The topological polar surface area (TPSA) is 77.3 Å². The Morgan fingerprint density at radius 2 is 1.86 bits per heavy atom. The molecule has 2 aromatic rings. The van der Waals surface area contributed by atoms with Crippen molar-refractivity contribution < 1.29 is 23.1 Å². The summed E-state index contributed by atoms with van der Waals surface area (Å²) in [6.45, 7) is 7.62. The minimum absolute atomic E-state index is 0.0717. The Morgan fingerprint density at radius 3 is 2.48 bits per heavy atom. The van der Waals surface area contributed by atoms with Gasteiger partial charge in [0.15, 0.2) is 0 Å². The van der Waals surface area contributed by atoms with E-state index in [1.54, 1.807) is 13.8 Å². The fraction of sp³-hybridized carbons (Fsp3) is 0.406. The van der Waals surface area contributed by atoms with Crippen LogP contribution < -0.4 is 5.32 Å². The molecule has 0 spiro atoms. The largest absolute Gasteiger partial charge is 0.416 e. The van der Waals surface area contributed by atoms with E-state index in [1.165, 1.54) is 23.9 Å². The second-order valence-electron chi connectivity index (χ2n) is 11.8. The highest BCUT2D eigenvalue weighted by Crippen LogP contribution is 2.38. The van der Waals surface area contributed by atoms with Crippen molar-refractivity contribution in [3.05, 3.63) is 82.6 Å². The lowest BCUT2D eigenvalue weighted by Crippen LogP contribution is -2.31. The Bertz CT molecular complexity index is 1480. The summed E-state index contributed by atoms with van der Waals surface area (Å²) in [4.78, 5) is 18.2. The molecule has 2 aliphatic heterocycles. The van der Waals surface area contributed by atoms with E-state index in [2.05, 4.69) is 24.4 Å². The molecule has 1 unspecified atom stereocenters. The number of carbonyl (C=O) groups is 1. The van der Waals surface area contributed by atoms with Gasteiger partial charge in [0.1, 0.15) is 5.04 Å². The number of fused-ring (bicyclic) bond motifs is 1. The third-order valence-electron chi connectivity index (χ3n) is 7.16. The molecule has 1 aliphatic carbocycles. The van der Waals surface area contributed by atoms with Crippen LogP contribution >= 0.6 is 11.8 Å². The molecule has 1 saturated carbocycles. The van der Waals surface area contributed by atoms with E-state index in [-0.39, 0.29) is 24.4 Å². The monoisotopic (exact) mass is 596 g/mol. The van der Waals surface area contributed by atoms with Gasteiger partial charge >= 0.3 is 6.18 Å². The Morgan fingerprint density at radius 1 is 1.14 bits per heavy atom. The smallest absolute Gasteiger partial charge is 0.389 e. The number of rotatable bonds is 6. The lowest BCUT2D eigenvalue weighted by atomic mass is 10.00. The molecule has 6 nitrogen and oxygen atoms in total. The molecule has 1 fully saturated rings. The van der Waals surface area contributed by atoms with E-state index in [0.29, 0.717) is 21.9 Å². The summed E-state index contributed by atoms with van der Waals surface area (Å²) < 4.78 is 39.4. The van der Waals surface area contributed by atoms with Gasteiger partial charge in [-0.2, -0.15) is 18.3 Å². The summed E-state index contributed by atoms with van der Waals surface area (Å²) in [5, 5.41) is 21.0. The van der Waals surface area contributed by atoms with Gasteiger partial charge in [0.25, 0.3) is 5.91 Å². The number of amides is 1. The number of thioether (sulfide) groups is 1. The number of benzene rings is 2. The predicted molar refractivity (Wildman–Crippen MR) is 161 cm³/mol. The molecule has 1 atom stereocenters. The number of hydrogen-bond acceptors (Lipinski definition) is 6. The highest BCUT2D eigenvalue weighted by molar-refractivity contribution is 8.14. The van der Waals surface area contributed by atoms with Crippen molar-refractivity contribution >= 4 is 34.1 Å². The first kappa shape index (κ1) is 30.1. The van der Waals surface area contributed by atoms with Gasteiger partial charge in [-0.1, -0.05) is 36.9 Å². The zero-order valence-electron chi connectivity index (χ0n) is 24.1. The number of nitrogens with one attached hydrogen (secondary N) is 1. The quantitative estimate of drug-likeness (QED) is 0.370. The highest BCUT2D eigenvalue weighted by Gasteiger charge is 2.32. The number of aryl methyl sites for hydroxylation is 1. The molecule has 10 heteroatoms. The summed E-state index contributed by atoms with van der Waals surface area (Å²) in [7, 11) is 0. The van der Waals surface area contributed by atoms with Crippen LogP contribution in [0.2, 0.25) is 0 Å². The van der Waals surface area contributed by atoms with Gasteiger partial charge in [-0.15, -0.1) is 0 Å². The standard InChI is InChI=1S/C32H35F3N4O2S/c1-19-5-14-27-26(36-18-31(3,4)41)17-29(42-24-11-7-22(8-12-24)32(33,34)35)38-39(27)28(15-19)21-6-13-25(20(2)16-21)30(40)37-23-9-10-23/h6-8,11-16,19,23,41H,5,9-10,17-18H2,1-4H3,(H,37,40). The molecule has 5 rings (SSSR count). The van der Waals surface area contributed by atoms with Crippen LogP contribution in [0.25, 0.3) is 5.70 Å². The van der Waals surface area contributed by atoms with Crippen molar-refractivity contribution in [2.24, 2.45) is 16.0 Å². The Hall–Kier alpha value is -3.37. The first-order valence-corrected chi connectivity index (χ1v) is 14.9. The van der Waals surface area contributed by atoms with Gasteiger partial charge in [-0.05, 0) is 87.9 Å². The van der Waals surface area contributed by atoms with Crippen molar-refractivity contribution in [1.82, 2.24) is 10.3 Å². The Kier molecular flexibility index (Phi) is 8.40. The van der Waals surface area contributed by atoms with Crippen molar-refractivity contribution in [1.29, 1.82) is 0 Å². The third kappa shape index (κ3) is 7.33. The van der Waals surface area contributed by atoms with E-state index in [9.17, 15) is 23.1 Å². The van der Waals surface area contributed by atoms with Crippen molar-refractivity contribution in [2.75, 3.05) is 6.54 Å². The van der Waals surface area contributed by atoms with Crippen LogP contribution in [0.15, 0.2) is 75.3 Å². The summed E-state index contributed by atoms with van der Waals surface area (Å²) in [5.41, 5.74) is 3.07. The summed E-state index contributed by atoms with van der Waals surface area (Å²) in [5.74, 6) is 0.116. The number of nitrogens with zero attached hydrogens (tertiary/aromatic N) is 3. The second kappa shape index (κ2) is 11.7. The average molecular weight is 597 g/mol. The lowest BCUT2D eigenvalue weighted by molar-refractivity contribution is -0.137. The average Bonchev–Trinajstić information content (AvgIpc) is 3.74. The molecule has 2 aromatic carbocycles. The molecule has 2 heterocycles. The van der Waals surface area contributed by atoms with Crippen molar-refractivity contribution in [3.8, 4) is 0 Å². The molecule has 2 N–H and O–H groups in total. The number of aliphatic hydroxyl groups is 1. The normalized spacial score (nSPS) is 20.4. The molecular formula is C32H35F3N4O2S. The summed E-state index contributed by atoms with van der Waals surface area (Å²) in [6, 6.07) is 11.1. The molecule has 1 amide bonds. The maximum absolute atomic E-state index is 13.1. The maximum atomic E-state index is 13.1. The van der Waals surface area contributed by atoms with Crippen molar-refractivity contribution in [3.63, 3.8) is 0 Å². The Labute approximate surface area is 248 Å². The van der Waals surface area contributed by atoms with Crippen LogP contribution in [0.1, 0.15) is 73.5 Å². The van der Waals surface area contributed by atoms with Crippen LogP contribution in [0.3, 0.4) is 0 Å². The van der Waals surface area contributed by atoms with E-state index < -0.39 is 17.3 Å². The molecule has 42 heavy (non-hydrogen) atoms. The van der Waals surface area contributed by atoms with E-state index in [4.69, 9.17) is 10.1 Å². The molecule has 3 aliphatic rings. The number of carbonyl (C=O) groups excluding carboxylic acids is 1. The SMILES string of the molecule is Cc1cc(C2=CC(C)CC=C3C(=NCC(C)(C)O)CC(Sc4ccc(C(F)(F)F)cc4)=NN32)ccc1C(=O)NC1CC1. The summed E-state index contributed by atoms with van der Waals surface area (Å²) >= 11 is 1.29. The van der Waals surface area contributed by atoms with Gasteiger partial charge in [0, 0.05) is 28.5 Å². The van der Waals surface area contributed by atoms with E-state index >= 15 is 0 Å². The van der Waals surface area contributed by atoms with Crippen LogP contribution in [0.4, 0.5) is 13.2 Å². The number of allylic oxidation sites excluding steroid dienone is 3. The van der Waals surface area contributed by atoms with Crippen LogP contribution in [0.5, 0.6) is 0 Å². The maximum Gasteiger partial charge on any atom is 0.416 e. The van der Waals surface area contributed by atoms with Gasteiger partial charge in [-0.3, -0.25) is 9.79 Å². The zero-order valence-corrected chi connectivity index (χ0v) is 24.9. The molecule has 0 radical (unpaired) electrons. The molecule has 0 aromatic heterocycles. The molecule has 0 bridgehead atoms. The van der Waals surface area contributed by atoms with Gasteiger partial charge in [-0.25, -0.2) is 5.01 Å². The Balaban J connectivity index is 1.52. The number of hydrazone groups is 1. The first-order chi connectivity index (χ1) is 19.8. The van der Waals surface area contributed by atoms with Gasteiger partial charge in [0.2, 0.25) is 0 Å². The van der Waals surface area contributed by atoms with Gasteiger partial charge < -0.3 is 10.4 Å². The molecule has 0 saturated heterocycles. The van der Waals surface area contributed by atoms with E-state index in [0.717, 1.165) is 59.6 Å². The van der Waals surface area contributed by atoms with Crippen LogP contribution in [0, 0.1) is 12.8 Å². The zero-order chi connectivity index (χ0) is 30.2. The predicted octanol–water partition coefficient (Wildman–Crippen LogP) is 7.19. The van der Waals surface area contributed by atoms with E-state index in [1.807, 2.05) is 30.1 Å². The third-order valence-corrected chi connectivity index (χ3v) is 8.13. The summed E-state index contributed by atoms with van der Waals surface area (Å²) in [6.07, 6.45) is 3.01. The van der Waals surface area contributed by atoms with Crippen LogP contribution in [-0.4, -0.2) is 45.0 Å². The number of halogens is 3. The molecular weight excluding hydrogens is 561 g/mol. The number of alkyl halides is 3. The fourth-order valence-corrected chi connectivity index (χ4v) is 5.64. The minimum Gasteiger partial charge on any atom is -0.389 e. The second-order valence-corrected chi connectivity index (χ2v) is 13.0. The first-order valence-electron chi connectivity index (χ1n) is 14.1.